The summed E-state index contributed by atoms with van der Waals surface area (Å²) in [6.45, 7) is 7.74. The number of hydrogen-bond donors (Lipinski definition) is 0. The Balaban J connectivity index is 0.000000231. The average molecular weight is 141 g/mol. The van der Waals surface area contributed by atoms with Gasteiger partial charge in [-0.15, -0.1) is 0 Å². The zero-order chi connectivity index (χ0) is 7.78. The summed E-state index contributed by atoms with van der Waals surface area (Å²) >= 11 is 0. The van der Waals surface area contributed by atoms with Gasteiger partial charge in [0.2, 0.25) is 0 Å². The van der Waals surface area contributed by atoms with Crippen molar-refractivity contribution in [2.45, 2.75) is 39.7 Å². The van der Waals surface area contributed by atoms with Crippen LogP contribution in [0.2, 0.25) is 0 Å². The number of rotatable bonds is 0. The summed E-state index contributed by atoms with van der Waals surface area (Å²) < 4.78 is 0. The van der Waals surface area contributed by atoms with Gasteiger partial charge in [0.15, 0.2) is 0 Å². The first kappa shape index (κ1) is 8.06. The van der Waals surface area contributed by atoms with Gasteiger partial charge in [-0.25, -0.2) is 0 Å². The van der Waals surface area contributed by atoms with Crippen LogP contribution in [0.15, 0.2) is 0 Å². The van der Waals surface area contributed by atoms with Crippen LogP contribution in [0.4, 0.5) is 0 Å². The molecule has 0 radical (unpaired) electrons. The Labute approximate surface area is 64.4 Å². The van der Waals surface area contributed by atoms with Crippen molar-refractivity contribution in [2.75, 3.05) is 13.6 Å². The lowest BCUT2D eigenvalue weighted by Crippen LogP contribution is -2.31. The van der Waals surface area contributed by atoms with Gasteiger partial charge >= 0.3 is 0 Å². The van der Waals surface area contributed by atoms with Crippen molar-refractivity contribution < 1.29 is 0 Å². The van der Waals surface area contributed by atoms with E-state index in [0.717, 1.165) is 11.5 Å². The van der Waals surface area contributed by atoms with E-state index in [2.05, 4.69) is 18.9 Å². The van der Waals surface area contributed by atoms with Crippen LogP contribution in [0.1, 0.15) is 33.6 Å². The molecule has 0 aromatic rings. The van der Waals surface area contributed by atoms with Crippen molar-refractivity contribution in [3.8, 4) is 0 Å². The van der Waals surface area contributed by atoms with Crippen molar-refractivity contribution in [3.05, 3.63) is 0 Å². The lowest BCUT2D eigenvalue weighted by molar-refractivity contribution is 0.206. The van der Waals surface area contributed by atoms with Crippen LogP contribution >= 0.6 is 0 Å². The predicted octanol–water partition coefficient (Wildman–Crippen LogP) is 2.13. The molecule has 2 bridgehead atoms. The van der Waals surface area contributed by atoms with Gasteiger partial charge in [-0.2, -0.15) is 0 Å². The van der Waals surface area contributed by atoms with E-state index in [9.17, 15) is 0 Å². The Morgan fingerprint density at radius 3 is 1.90 bits per heavy atom. The highest BCUT2D eigenvalue weighted by Gasteiger charge is 2.49. The first-order valence-corrected chi connectivity index (χ1v) is 4.40. The van der Waals surface area contributed by atoms with Gasteiger partial charge in [0.25, 0.3) is 0 Å². The molecule has 1 nitrogen and oxygen atoms in total. The van der Waals surface area contributed by atoms with Gasteiger partial charge in [-0.05, 0) is 25.3 Å². The number of hydrogen-bond acceptors (Lipinski definition) is 1. The van der Waals surface area contributed by atoms with E-state index < -0.39 is 0 Å². The van der Waals surface area contributed by atoms with Crippen molar-refractivity contribution in [2.24, 2.45) is 5.41 Å². The van der Waals surface area contributed by atoms with Crippen molar-refractivity contribution >= 4 is 0 Å². The smallest absolute Gasteiger partial charge is 0.0104 e. The van der Waals surface area contributed by atoms with E-state index in [4.69, 9.17) is 0 Å². The largest absolute Gasteiger partial charge is 0.303 e. The molecule has 0 atom stereocenters. The fourth-order valence-corrected chi connectivity index (χ4v) is 2.25. The quantitative estimate of drug-likeness (QED) is 0.499. The molecule has 60 valence electrons. The maximum absolute atomic E-state index is 2.49. The fourth-order valence-electron chi connectivity index (χ4n) is 2.25. The van der Waals surface area contributed by atoms with Crippen LogP contribution in [-0.2, 0) is 0 Å². The number of nitrogens with zero attached hydrogens (tertiary/aromatic N) is 1. The minimum atomic E-state index is 0.736. The van der Waals surface area contributed by atoms with Crippen LogP contribution in [0.25, 0.3) is 0 Å². The predicted molar refractivity (Wildman–Crippen MR) is 45.1 cm³/mol. The first-order valence-electron chi connectivity index (χ1n) is 4.40. The Bertz CT molecular complexity index is 114. The normalized spacial score (nSPS) is 43.8. The molecular formula is C9H19N. The van der Waals surface area contributed by atoms with E-state index in [0.29, 0.717) is 0 Å². The Hall–Kier alpha value is -0.0400. The molecular weight excluding hydrogens is 122 g/mol. The summed E-state index contributed by atoms with van der Waals surface area (Å²) in [6.07, 6.45) is 2.92. The molecule has 3 aliphatic rings. The molecule has 2 heterocycles. The maximum atomic E-state index is 2.49. The molecule has 0 spiro atoms. The molecule has 3 rings (SSSR count). The molecule has 2 aliphatic heterocycles. The molecule has 0 unspecified atom stereocenters. The summed E-state index contributed by atoms with van der Waals surface area (Å²) in [5.74, 6) is 0. The Morgan fingerprint density at radius 1 is 1.30 bits per heavy atom. The van der Waals surface area contributed by atoms with Crippen molar-refractivity contribution in [1.82, 2.24) is 4.90 Å². The van der Waals surface area contributed by atoms with Crippen LogP contribution in [0.3, 0.4) is 0 Å². The van der Waals surface area contributed by atoms with Gasteiger partial charge in [0.1, 0.15) is 0 Å². The maximum Gasteiger partial charge on any atom is 0.0104 e. The molecule has 0 aromatic heterocycles. The van der Waals surface area contributed by atoms with Crippen molar-refractivity contribution in [1.29, 1.82) is 0 Å². The molecule has 1 saturated carbocycles. The molecule has 2 saturated heterocycles. The van der Waals surface area contributed by atoms with Crippen molar-refractivity contribution in [3.63, 3.8) is 0 Å². The molecule has 0 amide bonds. The first-order chi connectivity index (χ1) is 4.70. The van der Waals surface area contributed by atoms with E-state index in [1.165, 1.54) is 19.4 Å². The summed E-state index contributed by atoms with van der Waals surface area (Å²) in [7, 11) is 2.24. The lowest BCUT2D eigenvalue weighted by Gasteiger charge is -2.33. The highest BCUT2D eigenvalue weighted by molar-refractivity contribution is 5.04. The van der Waals surface area contributed by atoms with Gasteiger partial charge in [0.05, 0.1) is 0 Å². The highest BCUT2D eigenvalue weighted by Crippen LogP contribution is 2.50. The second kappa shape index (κ2) is 2.54. The highest BCUT2D eigenvalue weighted by atomic mass is 15.2. The van der Waals surface area contributed by atoms with Gasteiger partial charge in [0, 0.05) is 12.6 Å². The van der Waals surface area contributed by atoms with E-state index in [1.807, 2.05) is 13.8 Å². The van der Waals surface area contributed by atoms with E-state index >= 15 is 0 Å². The number of fused-ring (bicyclic) bond motifs is 1. The third-order valence-electron chi connectivity index (χ3n) is 2.71. The summed E-state index contributed by atoms with van der Waals surface area (Å²) in [5.41, 5.74) is 0.736. The van der Waals surface area contributed by atoms with Gasteiger partial charge in [-0.3, -0.25) is 0 Å². The second-order valence-electron chi connectivity index (χ2n) is 3.79. The Morgan fingerprint density at radius 2 is 1.80 bits per heavy atom. The molecule has 0 aromatic carbocycles. The third kappa shape index (κ3) is 1.07. The monoisotopic (exact) mass is 141 g/mol. The molecule has 1 heteroatoms. The van der Waals surface area contributed by atoms with Crippen LogP contribution in [-0.4, -0.2) is 24.5 Å². The third-order valence-corrected chi connectivity index (χ3v) is 2.71. The minimum Gasteiger partial charge on any atom is -0.303 e. The van der Waals surface area contributed by atoms with Crippen LogP contribution < -0.4 is 0 Å². The zero-order valence-corrected chi connectivity index (χ0v) is 7.65. The summed E-state index contributed by atoms with van der Waals surface area (Å²) in [4.78, 5) is 2.49. The fraction of sp³-hybridized carbons (Fsp3) is 1.00. The molecule has 0 N–H and O–H groups in total. The van der Waals surface area contributed by atoms with Gasteiger partial charge in [-0.1, -0.05) is 20.8 Å². The van der Waals surface area contributed by atoms with Crippen LogP contribution in [0, 0.1) is 5.41 Å². The molecule has 10 heavy (non-hydrogen) atoms. The molecule has 3 fully saturated rings. The summed E-state index contributed by atoms with van der Waals surface area (Å²) in [5, 5.41) is 0. The van der Waals surface area contributed by atoms with E-state index in [1.54, 1.807) is 0 Å². The second-order valence-corrected chi connectivity index (χ2v) is 3.79. The topological polar surface area (TPSA) is 3.24 Å². The van der Waals surface area contributed by atoms with Gasteiger partial charge < -0.3 is 4.90 Å². The van der Waals surface area contributed by atoms with Crippen LogP contribution in [0.5, 0.6) is 0 Å². The lowest BCUT2D eigenvalue weighted by atomic mass is 9.72. The van der Waals surface area contributed by atoms with E-state index in [-0.39, 0.29) is 0 Å². The SMILES string of the molecule is CC.CN1CC2(C)CC1C2. The Kier molecular flexibility index (Phi) is 2.04. The zero-order valence-electron chi connectivity index (χ0n) is 7.65. The molecule has 1 aliphatic carbocycles. The standard InChI is InChI=1S/C7H13N.C2H6/c1-7-3-6(4-7)8(2)5-7;1-2/h6H,3-5H2,1-2H3;1-2H3. The summed E-state index contributed by atoms with van der Waals surface area (Å²) in [6, 6.07) is 0.958. The average Bonchev–Trinajstić information content (AvgIpc) is 2.24. The minimum absolute atomic E-state index is 0.736.